The van der Waals surface area contributed by atoms with Crippen molar-refractivity contribution in [2.24, 2.45) is 0 Å². The lowest BCUT2D eigenvalue weighted by Gasteiger charge is -2.25. The molecule has 20 heavy (non-hydrogen) atoms. The van der Waals surface area contributed by atoms with E-state index >= 15 is 0 Å². The van der Waals surface area contributed by atoms with Crippen molar-refractivity contribution in [2.75, 3.05) is 6.54 Å². The molecule has 1 unspecified atom stereocenters. The summed E-state index contributed by atoms with van der Waals surface area (Å²) in [4.78, 5) is 0. The van der Waals surface area contributed by atoms with Crippen LogP contribution in [0.4, 0.5) is 0 Å². The van der Waals surface area contributed by atoms with Gasteiger partial charge in [0.2, 0.25) is 0 Å². The van der Waals surface area contributed by atoms with E-state index in [9.17, 15) is 0 Å². The molecule has 0 saturated heterocycles. The van der Waals surface area contributed by atoms with Crippen molar-refractivity contribution in [1.82, 2.24) is 5.32 Å². The van der Waals surface area contributed by atoms with E-state index in [1.807, 2.05) is 0 Å². The van der Waals surface area contributed by atoms with Gasteiger partial charge in [0.15, 0.2) is 0 Å². The zero-order valence-electron chi connectivity index (χ0n) is 11.8. The van der Waals surface area contributed by atoms with Crippen LogP contribution >= 0.6 is 0 Å². The Bertz CT molecular complexity index is 571. The number of aryl methyl sites for hydroxylation is 1. The van der Waals surface area contributed by atoms with Gasteiger partial charge in [-0.2, -0.15) is 0 Å². The fourth-order valence-corrected chi connectivity index (χ4v) is 2.87. The van der Waals surface area contributed by atoms with Crippen LogP contribution in [0.1, 0.15) is 23.1 Å². The van der Waals surface area contributed by atoms with Crippen LogP contribution in [0.15, 0.2) is 60.7 Å². The molecule has 0 amide bonds. The lowest BCUT2D eigenvalue weighted by molar-refractivity contribution is 0.480. The van der Waals surface area contributed by atoms with Gasteiger partial charge in [0.25, 0.3) is 0 Å². The highest BCUT2D eigenvalue weighted by atomic mass is 14.9. The van der Waals surface area contributed by atoms with Gasteiger partial charge in [0.1, 0.15) is 0 Å². The summed E-state index contributed by atoms with van der Waals surface area (Å²) in [6.45, 7) is 0.946. The van der Waals surface area contributed by atoms with Crippen molar-refractivity contribution in [3.05, 3.63) is 77.4 Å². The molecule has 0 heterocycles. The Hall–Kier alpha value is -1.86. The Morgan fingerprint density at radius 3 is 2.55 bits per heavy atom. The van der Waals surface area contributed by atoms with Gasteiger partial charge in [-0.05, 0) is 36.0 Å². The van der Waals surface area contributed by atoms with Crippen molar-refractivity contribution < 1.29 is 0 Å². The third-order valence-electron chi connectivity index (χ3n) is 3.98. The Kier molecular flexibility index (Phi) is 4.29. The van der Waals surface area contributed by atoms with Gasteiger partial charge in [-0.15, -0.1) is 0 Å². The molecule has 2 aromatic carbocycles. The van der Waals surface area contributed by atoms with Crippen LogP contribution in [-0.2, 0) is 12.8 Å². The number of hydrogen-bond donors (Lipinski definition) is 1. The van der Waals surface area contributed by atoms with Gasteiger partial charge in [-0.3, -0.25) is 0 Å². The number of rotatable bonds is 4. The highest BCUT2D eigenvalue weighted by molar-refractivity contribution is 5.48. The molecule has 1 aliphatic rings. The predicted molar refractivity (Wildman–Crippen MR) is 85.7 cm³/mol. The molecular weight excluding hydrogens is 242 g/mol. The fraction of sp³-hybridized carbons (Fsp3) is 0.263. The average molecular weight is 263 g/mol. The largest absolute Gasteiger partial charge is 0.310 e. The molecule has 1 aliphatic carbocycles. The lowest BCUT2D eigenvalue weighted by atomic mass is 9.88. The van der Waals surface area contributed by atoms with Gasteiger partial charge >= 0.3 is 0 Å². The van der Waals surface area contributed by atoms with Crippen LogP contribution in [0, 0.1) is 0 Å². The summed E-state index contributed by atoms with van der Waals surface area (Å²) in [5.74, 6) is 0. The average Bonchev–Trinajstić information content (AvgIpc) is 2.52. The number of benzene rings is 2. The maximum Gasteiger partial charge on any atom is 0.0140 e. The maximum atomic E-state index is 3.65. The zero-order chi connectivity index (χ0) is 13.6. The second-order valence-corrected chi connectivity index (χ2v) is 5.43. The second kappa shape index (κ2) is 6.53. The Balaban J connectivity index is 1.50. The van der Waals surface area contributed by atoms with E-state index in [1.165, 1.54) is 29.5 Å². The molecule has 102 valence electrons. The summed E-state index contributed by atoms with van der Waals surface area (Å²) in [7, 11) is 0. The van der Waals surface area contributed by atoms with Crippen molar-refractivity contribution in [1.29, 1.82) is 0 Å². The molecule has 0 fully saturated rings. The first-order valence-corrected chi connectivity index (χ1v) is 7.43. The van der Waals surface area contributed by atoms with Crippen molar-refractivity contribution in [3.8, 4) is 0 Å². The molecular formula is C19H21N. The number of hydrogen-bond acceptors (Lipinski definition) is 1. The molecule has 1 N–H and O–H groups in total. The summed E-state index contributed by atoms with van der Waals surface area (Å²) in [5, 5.41) is 3.65. The van der Waals surface area contributed by atoms with E-state index in [0.717, 1.165) is 13.0 Å². The standard InChI is InChI=1S/C19H21N/c1-2-7-16(8-3-1)9-6-14-20-19-13-12-17-10-4-5-11-18(17)15-19/h1-11,19-20H,12-15H2. The molecule has 1 nitrogen and oxygen atoms in total. The fourth-order valence-electron chi connectivity index (χ4n) is 2.87. The van der Waals surface area contributed by atoms with Crippen LogP contribution in [-0.4, -0.2) is 12.6 Å². The monoisotopic (exact) mass is 263 g/mol. The van der Waals surface area contributed by atoms with Crippen LogP contribution < -0.4 is 5.32 Å². The van der Waals surface area contributed by atoms with Crippen molar-refractivity contribution in [3.63, 3.8) is 0 Å². The summed E-state index contributed by atoms with van der Waals surface area (Å²) in [6.07, 6.45) is 8.02. The highest BCUT2D eigenvalue weighted by Crippen LogP contribution is 2.20. The molecule has 0 radical (unpaired) electrons. The minimum atomic E-state index is 0.616. The molecule has 0 aromatic heterocycles. The topological polar surface area (TPSA) is 12.0 Å². The van der Waals surface area contributed by atoms with Crippen molar-refractivity contribution in [2.45, 2.75) is 25.3 Å². The first kappa shape index (κ1) is 13.1. The number of fused-ring (bicyclic) bond motifs is 1. The molecule has 1 atom stereocenters. The first-order chi connectivity index (χ1) is 9.92. The molecule has 0 spiro atoms. The van der Waals surface area contributed by atoms with E-state index in [1.54, 1.807) is 0 Å². The second-order valence-electron chi connectivity index (χ2n) is 5.43. The third kappa shape index (κ3) is 3.37. The molecule has 3 rings (SSSR count). The molecule has 1 heteroatoms. The Morgan fingerprint density at radius 1 is 0.950 bits per heavy atom. The van der Waals surface area contributed by atoms with E-state index < -0.39 is 0 Å². The quantitative estimate of drug-likeness (QED) is 0.883. The van der Waals surface area contributed by atoms with Crippen LogP contribution in [0.5, 0.6) is 0 Å². The van der Waals surface area contributed by atoms with E-state index in [-0.39, 0.29) is 0 Å². The van der Waals surface area contributed by atoms with Gasteiger partial charge in [-0.1, -0.05) is 66.7 Å². The first-order valence-electron chi connectivity index (χ1n) is 7.43. The number of nitrogens with one attached hydrogen (secondary N) is 1. The Labute approximate surface area is 121 Å². The normalized spacial score (nSPS) is 18.1. The van der Waals surface area contributed by atoms with E-state index in [2.05, 4.69) is 72.1 Å². The summed E-state index contributed by atoms with van der Waals surface area (Å²) in [6, 6.07) is 19.9. The van der Waals surface area contributed by atoms with Crippen LogP contribution in [0.25, 0.3) is 6.08 Å². The van der Waals surface area contributed by atoms with E-state index in [4.69, 9.17) is 0 Å². The Morgan fingerprint density at radius 2 is 1.70 bits per heavy atom. The highest BCUT2D eigenvalue weighted by Gasteiger charge is 2.16. The summed E-state index contributed by atoms with van der Waals surface area (Å²) in [5.41, 5.74) is 4.32. The minimum Gasteiger partial charge on any atom is -0.310 e. The van der Waals surface area contributed by atoms with Crippen LogP contribution in [0.2, 0.25) is 0 Å². The molecule has 0 saturated carbocycles. The third-order valence-corrected chi connectivity index (χ3v) is 3.98. The van der Waals surface area contributed by atoms with Gasteiger partial charge in [0.05, 0.1) is 0 Å². The molecule has 0 aliphatic heterocycles. The zero-order valence-corrected chi connectivity index (χ0v) is 11.8. The molecule has 2 aromatic rings. The smallest absolute Gasteiger partial charge is 0.0140 e. The minimum absolute atomic E-state index is 0.616. The summed E-state index contributed by atoms with van der Waals surface area (Å²) < 4.78 is 0. The summed E-state index contributed by atoms with van der Waals surface area (Å²) >= 11 is 0. The van der Waals surface area contributed by atoms with Crippen molar-refractivity contribution >= 4 is 6.08 Å². The van der Waals surface area contributed by atoms with Crippen LogP contribution in [0.3, 0.4) is 0 Å². The van der Waals surface area contributed by atoms with Gasteiger partial charge in [0, 0.05) is 12.6 Å². The maximum absolute atomic E-state index is 3.65. The van der Waals surface area contributed by atoms with Gasteiger partial charge < -0.3 is 5.32 Å². The predicted octanol–water partition coefficient (Wildman–Crippen LogP) is 3.85. The van der Waals surface area contributed by atoms with Gasteiger partial charge in [-0.25, -0.2) is 0 Å². The lowest BCUT2D eigenvalue weighted by Crippen LogP contribution is -2.34. The molecule has 0 bridgehead atoms. The van der Waals surface area contributed by atoms with E-state index in [0.29, 0.717) is 6.04 Å². The SMILES string of the molecule is C(=Cc1ccccc1)CNC1CCc2ccccc2C1.